The summed E-state index contributed by atoms with van der Waals surface area (Å²) in [4.78, 5) is 36.8. The number of carbonyl (C=O) groups is 2. The third-order valence-corrected chi connectivity index (χ3v) is 5.93. The lowest BCUT2D eigenvalue weighted by molar-refractivity contribution is -0.384. The van der Waals surface area contributed by atoms with Crippen LogP contribution in [-0.4, -0.2) is 23.4 Å². The van der Waals surface area contributed by atoms with E-state index >= 15 is 0 Å². The van der Waals surface area contributed by atoms with Gasteiger partial charge in [0.1, 0.15) is 10.6 Å². The number of thiophene rings is 1. The summed E-state index contributed by atoms with van der Waals surface area (Å²) in [6.45, 7) is 3.64. The number of aryl methyl sites for hydroxylation is 1. The fourth-order valence-corrected chi connectivity index (χ4v) is 4.35. The minimum atomic E-state index is -0.678. The Morgan fingerprint density at radius 2 is 1.84 bits per heavy atom. The van der Waals surface area contributed by atoms with Gasteiger partial charge in [-0.2, -0.15) is 0 Å². The minimum Gasteiger partial charge on any atom is -0.462 e. The smallest absolute Gasteiger partial charge is 0.341 e. The van der Waals surface area contributed by atoms with E-state index in [4.69, 9.17) is 27.9 Å². The lowest BCUT2D eigenvalue weighted by Crippen LogP contribution is -2.15. The molecule has 1 heterocycles. The number of nitro benzene ring substituents is 1. The van der Waals surface area contributed by atoms with Crippen molar-refractivity contribution in [1.82, 2.24) is 0 Å². The number of nitrogens with zero attached hydrogens (tertiary/aromatic N) is 1. The lowest BCUT2D eigenvalue weighted by atomic mass is 10.0. The Bertz CT molecular complexity index is 1180. The summed E-state index contributed by atoms with van der Waals surface area (Å²) in [6.07, 6.45) is 0. The summed E-state index contributed by atoms with van der Waals surface area (Å²) in [6, 6.07) is 10.5. The van der Waals surface area contributed by atoms with Crippen molar-refractivity contribution >= 4 is 57.1 Å². The summed E-state index contributed by atoms with van der Waals surface area (Å²) in [5, 5.41) is 14.6. The Morgan fingerprint density at radius 1 is 1.16 bits per heavy atom. The summed E-state index contributed by atoms with van der Waals surface area (Å²) < 4.78 is 5.20. The van der Waals surface area contributed by atoms with E-state index in [0.717, 1.165) is 16.5 Å². The molecule has 0 bridgehead atoms. The van der Waals surface area contributed by atoms with Gasteiger partial charge in [0, 0.05) is 27.6 Å². The highest BCUT2D eigenvalue weighted by Gasteiger charge is 2.26. The van der Waals surface area contributed by atoms with Crippen molar-refractivity contribution in [3.05, 3.63) is 78.6 Å². The normalized spacial score (nSPS) is 10.6. The number of halogens is 2. The van der Waals surface area contributed by atoms with E-state index in [2.05, 4.69) is 5.32 Å². The topological polar surface area (TPSA) is 98.5 Å². The Morgan fingerprint density at radius 3 is 2.45 bits per heavy atom. The molecule has 3 aromatic rings. The second-order valence-electron chi connectivity index (χ2n) is 6.34. The van der Waals surface area contributed by atoms with Gasteiger partial charge in [-0.1, -0.05) is 35.3 Å². The summed E-state index contributed by atoms with van der Waals surface area (Å²) in [7, 11) is 0. The van der Waals surface area contributed by atoms with Gasteiger partial charge in [-0.15, -0.1) is 11.3 Å². The van der Waals surface area contributed by atoms with Gasteiger partial charge in [0.2, 0.25) is 0 Å². The number of rotatable bonds is 6. The first-order chi connectivity index (χ1) is 14.7. The molecule has 7 nitrogen and oxygen atoms in total. The van der Waals surface area contributed by atoms with Crippen LogP contribution in [0.1, 0.15) is 32.5 Å². The molecule has 0 aliphatic heterocycles. The zero-order chi connectivity index (χ0) is 22.7. The fraction of sp³-hybridized carbons (Fsp3) is 0.143. The van der Waals surface area contributed by atoms with Crippen LogP contribution in [0.15, 0.2) is 42.5 Å². The quantitative estimate of drug-likeness (QED) is 0.252. The molecule has 3 rings (SSSR count). The number of benzene rings is 2. The van der Waals surface area contributed by atoms with Gasteiger partial charge in [0.25, 0.3) is 11.6 Å². The number of nitrogens with one attached hydrogen (secondary N) is 1. The molecule has 1 N–H and O–H groups in total. The van der Waals surface area contributed by atoms with Crippen LogP contribution in [0.25, 0.3) is 11.1 Å². The second kappa shape index (κ2) is 9.47. The molecule has 0 aliphatic rings. The molecule has 0 radical (unpaired) electrons. The third kappa shape index (κ3) is 4.87. The van der Waals surface area contributed by atoms with Crippen LogP contribution in [0.3, 0.4) is 0 Å². The number of non-ortho nitro benzene ring substituents is 1. The van der Waals surface area contributed by atoms with E-state index < -0.39 is 16.8 Å². The average Bonchev–Trinajstić information content (AvgIpc) is 3.04. The van der Waals surface area contributed by atoms with E-state index in [0.29, 0.717) is 10.6 Å². The van der Waals surface area contributed by atoms with Gasteiger partial charge < -0.3 is 10.1 Å². The molecule has 0 atom stereocenters. The molecule has 0 fully saturated rings. The van der Waals surface area contributed by atoms with E-state index in [-0.39, 0.29) is 33.4 Å². The highest BCUT2D eigenvalue weighted by atomic mass is 35.5. The lowest BCUT2D eigenvalue weighted by Gasteiger charge is -2.10. The van der Waals surface area contributed by atoms with E-state index in [9.17, 15) is 19.7 Å². The van der Waals surface area contributed by atoms with Crippen LogP contribution in [0.5, 0.6) is 0 Å². The number of anilines is 1. The van der Waals surface area contributed by atoms with Crippen molar-refractivity contribution in [2.75, 3.05) is 11.9 Å². The first-order valence-electron chi connectivity index (χ1n) is 9.04. The van der Waals surface area contributed by atoms with Crippen molar-refractivity contribution in [3.8, 4) is 11.1 Å². The number of carbonyl (C=O) groups excluding carboxylic acids is 2. The Kier molecular flexibility index (Phi) is 6.94. The first kappa shape index (κ1) is 22.7. The van der Waals surface area contributed by atoms with E-state index in [1.807, 2.05) is 6.92 Å². The van der Waals surface area contributed by atoms with Crippen LogP contribution in [0, 0.1) is 17.0 Å². The SMILES string of the molecule is CCOC(=O)c1c(NC(=O)c2cc([N+](=O)[O-])ccc2Cl)sc(C)c1-c1ccc(Cl)cc1. The molecule has 1 amide bonds. The molecule has 0 spiro atoms. The Labute approximate surface area is 191 Å². The summed E-state index contributed by atoms with van der Waals surface area (Å²) in [5.41, 5.74) is 1.19. The predicted octanol–water partition coefficient (Wildman–Crippen LogP) is 6.37. The van der Waals surface area contributed by atoms with Crippen LogP contribution in [0.4, 0.5) is 10.7 Å². The monoisotopic (exact) mass is 478 g/mol. The number of hydrogen-bond donors (Lipinski definition) is 1. The predicted molar refractivity (Wildman–Crippen MR) is 122 cm³/mol. The molecule has 0 aliphatic carbocycles. The molecule has 2 aromatic carbocycles. The van der Waals surface area contributed by atoms with Crippen LogP contribution >= 0.6 is 34.5 Å². The van der Waals surface area contributed by atoms with Gasteiger partial charge >= 0.3 is 5.97 Å². The third-order valence-electron chi connectivity index (χ3n) is 4.33. The minimum absolute atomic E-state index is 0.0481. The van der Waals surface area contributed by atoms with Crippen molar-refractivity contribution in [1.29, 1.82) is 0 Å². The molecule has 0 saturated carbocycles. The van der Waals surface area contributed by atoms with Gasteiger partial charge in [-0.25, -0.2) is 4.79 Å². The van der Waals surface area contributed by atoms with Crippen LogP contribution in [0.2, 0.25) is 10.0 Å². The molecule has 10 heteroatoms. The second-order valence-corrected chi connectivity index (χ2v) is 8.41. The van der Waals surface area contributed by atoms with Gasteiger partial charge in [0.05, 0.1) is 22.1 Å². The maximum Gasteiger partial charge on any atom is 0.341 e. The van der Waals surface area contributed by atoms with Crippen molar-refractivity contribution < 1.29 is 19.2 Å². The first-order valence-corrected chi connectivity index (χ1v) is 10.6. The summed E-state index contributed by atoms with van der Waals surface area (Å²) in [5.74, 6) is -1.28. The number of amides is 1. The molecule has 0 unspecified atom stereocenters. The highest BCUT2D eigenvalue weighted by Crippen LogP contribution is 2.41. The Balaban J connectivity index is 2.07. The van der Waals surface area contributed by atoms with Crippen LogP contribution < -0.4 is 5.32 Å². The molecular weight excluding hydrogens is 463 g/mol. The number of esters is 1. The van der Waals surface area contributed by atoms with E-state index in [1.165, 1.54) is 23.5 Å². The largest absolute Gasteiger partial charge is 0.462 e. The van der Waals surface area contributed by atoms with E-state index in [1.54, 1.807) is 31.2 Å². The maximum absolute atomic E-state index is 12.9. The van der Waals surface area contributed by atoms with Crippen molar-refractivity contribution in [3.63, 3.8) is 0 Å². The standard InChI is InChI=1S/C21H16Cl2N2O5S/c1-3-30-21(27)18-17(12-4-6-13(22)7-5-12)11(2)31-20(18)24-19(26)15-10-14(25(28)29)8-9-16(15)23/h4-10H,3H2,1-2H3,(H,24,26). The van der Waals surface area contributed by atoms with Crippen molar-refractivity contribution in [2.24, 2.45) is 0 Å². The fourth-order valence-electron chi connectivity index (χ4n) is 2.97. The number of nitro groups is 1. The molecule has 1 aromatic heterocycles. The molecule has 160 valence electrons. The highest BCUT2D eigenvalue weighted by molar-refractivity contribution is 7.17. The molecule has 0 saturated heterocycles. The number of ether oxygens (including phenoxy) is 1. The number of hydrogen-bond acceptors (Lipinski definition) is 6. The van der Waals surface area contributed by atoms with Gasteiger partial charge in [-0.3, -0.25) is 14.9 Å². The van der Waals surface area contributed by atoms with Gasteiger partial charge in [0.15, 0.2) is 0 Å². The summed E-state index contributed by atoms with van der Waals surface area (Å²) >= 11 is 13.2. The Hall–Kier alpha value is -2.94. The zero-order valence-electron chi connectivity index (χ0n) is 16.4. The van der Waals surface area contributed by atoms with Crippen LogP contribution in [-0.2, 0) is 4.74 Å². The van der Waals surface area contributed by atoms with Gasteiger partial charge in [-0.05, 0) is 37.6 Å². The van der Waals surface area contributed by atoms with Crippen molar-refractivity contribution in [2.45, 2.75) is 13.8 Å². The molecular formula is C21H16Cl2N2O5S. The zero-order valence-corrected chi connectivity index (χ0v) is 18.7. The average molecular weight is 479 g/mol. The molecule has 31 heavy (non-hydrogen) atoms. The maximum atomic E-state index is 12.9.